The van der Waals surface area contributed by atoms with Crippen LogP contribution < -0.4 is 0 Å². The van der Waals surface area contributed by atoms with E-state index in [0.29, 0.717) is 0 Å². The van der Waals surface area contributed by atoms with Crippen LogP contribution in [0, 0.1) is 0 Å². The Hall–Kier alpha value is -1.20. The standard InChI is InChI=1S/C8H8O4S/c1-12-13(10,11)8(9)7-5-3-2-4-6-7/h2-6H,1H3. The molecule has 0 radical (unpaired) electrons. The van der Waals surface area contributed by atoms with Crippen molar-refractivity contribution in [2.45, 2.75) is 0 Å². The maximum Gasteiger partial charge on any atom is 0.335 e. The normalized spacial score (nSPS) is 11.2. The highest BCUT2D eigenvalue weighted by molar-refractivity contribution is 8.02. The van der Waals surface area contributed by atoms with Crippen LogP contribution in [-0.4, -0.2) is 20.6 Å². The molecular formula is C8H8O4S. The molecule has 0 amide bonds. The van der Waals surface area contributed by atoms with Crippen LogP contribution in [0.1, 0.15) is 10.4 Å². The van der Waals surface area contributed by atoms with Gasteiger partial charge < -0.3 is 0 Å². The largest absolute Gasteiger partial charge is 0.335 e. The van der Waals surface area contributed by atoms with Crippen molar-refractivity contribution in [2.24, 2.45) is 0 Å². The summed E-state index contributed by atoms with van der Waals surface area (Å²) in [6.07, 6.45) is 0. The zero-order valence-corrected chi connectivity index (χ0v) is 7.74. The molecule has 13 heavy (non-hydrogen) atoms. The molecule has 0 atom stereocenters. The third-order valence-corrected chi connectivity index (χ3v) is 2.58. The van der Waals surface area contributed by atoms with Crippen molar-refractivity contribution in [3.63, 3.8) is 0 Å². The van der Waals surface area contributed by atoms with Crippen LogP contribution in [0.3, 0.4) is 0 Å². The Balaban J connectivity index is 3.07. The van der Waals surface area contributed by atoms with Crippen LogP contribution in [0.4, 0.5) is 0 Å². The van der Waals surface area contributed by atoms with Gasteiger partial charge in [-0.3, -0.25) is 8.98 Å². The minimum atomic E-state index is -4.09. The number of carbonyl (C=O) groups is 1. The summed E-state index contributed by atoms with van der Waals surface area (Å²) in [4.78, 5) is 11.2. The Morgan fingerprint density at radius 1 is 1.23 bits per heavy atom. The average Bonchev–Trinajstić information content (AvgIpc) is 2.18. The summed E-state index contributed by atoms with van der Waals surface area (Å²) in [5, 5.41) is -1.02. The molecular weight excluding hydrogens is 192 g/mol. The Morgan fingerprint density at radius 3 is 2.23 bits per heavy atom. The van der Waals surface area contributed by atoms with E-state index < -0.39 is 15.2 Å². The summed E-state index contributed by atoms with van der Waals surface area (Å²) >= 11 is 0. The second kappa shape index (κ2) is 3.68. The van der Waals surface area contributed by atoms with Gasteiger partial charge in [0, 0.05) is 5.56 Å². The minimum Gasteiger partial charge on any atom is -0.273 e. The van der Waals surface area contributed by atoms with Gasteiger partial charge in [0.05, 0.1) is 7.11 Å². The summed E-state index contributed by atoms with van der Waals surface area (Å²) in [5.74, 6) is 0. The molecule has 0 heterocycles. The van der Waals surface area contributed by atoms with Crippen molar-refractivity contribution in [3.05, 3.63) is 35.9 Å². The lowest BCUT2D eigenvalue weighted by atomic mass is 10.2. The molecule has 70 valence electrons. The van der Waals surface area contributed by atoms with Gasteiger partial charge in [0.25, 0.3) is 0 Å². The van der Waals surface area contributed by atoms with Crippen LogP contribution in [-0.2, 0) is 14.3 Å². The highest BCUT2D eigenvalue weighted by Crippen LogP contribution is 2.06. The van der Waals surface area contributed by atoms with Crippen LogP contribution >= 0.6 is 0 Å². The molecule has 1 rings (SSSR count). The van der Waals surface area contributed by atoms with Crippen LogP contribution in [0.15, 0.2) is 30.3 Å². The number of hydrogen-bond donors (Lipinski definition) is 0. The van der Waals surface area contributed by atoms with E-state index in [4.69, 9.17) is 0 Å². The highest BCUT2D eigenvalue weighted by atomic mass is 32.2. The molecule has 1 aromatic rings. The molecule has 0 aromatic heterocycles. The second-order valence-corrected chi connectivity index (χ2v) is 3.89. The fraction of sp³-hybridized carbons (Fsp3) is 0.125. The van der Waals surface area contributed by atoms with E-state index in [2.05, 4.69) is 4.18 Å². The first-order valence-corrected chi connectivity index (χ1v) is 4.89. The van der Waals surface area contributed by atoms with Gasteiger partial charge in [0.2, 0.25) is 0 Å². The molecule has 0 aliphatic carbocycles. The molecule has 0 aliphatic rings. The molecule has 0 saturated carbocycles. The van der Waals surface area contributed by atoms with Crippen molar-refractivity contribution >= 4 is 15.2 Å². The fourth-order valence-corrected chi connectivity index (χ4v) is 1.37. The predicted octanol–water partition coefficient (Wildman–Crippen LogP) is 0.803. The van der Waals surface area contributed by atoms with Gasteiger partial charge in [-0.2, -0.15) is 8.42 Å². The molecule has 1 aromatic carbocycles. The average molecular weight is 200 g/mol. The number of hydrogen-bond acceptors (Lipinski definition) is 4. The zero-order valence-electron chi connectivity index (χ0n) is 6.93. The molecule has 0 saturated heterocycles. The predicted molar refractivity (Wildman–Crippen MR) is 46.7 cm³/mol. The Kier molecular flexibility index (Phi) is 2.79. The molecule has 0 fully saturated rings. The topological polar surface area (TPSA) is 60.4 Å². The molecule has 4 nitrogen and oxygen atoms in total. The number of carbonyl (C=O) groups excluding carboxylic acids is 1. The number of benzene rings is 1. The van der Waals surface area contributed by atoms with E-state index in [0.717, 1.165) is 7.11 Å². The van der Waals surface area contributed by atoms with Gasteiger partial charge >= 0.3 is 15.2 Å². The minimum absolute atomic E-state index is 0.101. The fourth-order valence-electron chi connectivity index (χ4n) is 0.794. The molecule has 0 spiro atoms. The van der Waals surface area contributed by atoms with Gasteiger partial charge in [-0.05, 0) is 0 Å². The zero-order chi connectivity index (χ0) is 9.90. The van der Waals surface area contributed by atoms with E-state index in [9.17, 15) is 13.2 Å². The van der Waals surface area contributed by atoms with Gasteiger partial charge in [0.1, 0.15) is 0 Å². The Bertz CT molecular complexity index is 393. The van der Waals surface area contributed by atoms with Crippen molar-refractivity contribution < 1.29 is 17.4 Å². The van der Waals surface area contributed by atoms with Crippen molar-refractivity contribution in [2.75, 3.05) is 7.11 Å². The van der Waals surface area contributed by atoms with E-state index in [1.54, 1.807) is 18.2 Å². The molecule has 0 unspecified atom stereocenters. The lowest BCUT2D eigenvalue weighted by Crippen LogP contribution is -2.15. The van der Waals surface area contributed by atoms with Crippen molar-refractivity contribution in [3.8, 4) is 0 Å². The van der Waals surface area contributed by atoms with Gasteiger partial charge in [-0.25, -0.2) is 0 Å². The molecule has 5 heteroatoms. The van der Waals surface area contributed by atoms with Crippen molar-refractivity contribution in [1.29, 1.82) is 0 Å². The number of rotatable bonds is 2. The summed E-state index contributed by atoms with van der Waals surface area (Å²) in [7, 11) is -3.14. The van der Waals surface area contributed by atoms with Gasteiger partial charge in [-0.1, -0.05) is 30.3 Å². The first-order chi connectivity index (χ1) is 6.08. The first-order valence-electron chi connectivity index (χ1n) is 3.48. The maximum atomic E-state index is 11.2. The lowest BCUT2D eigenvalue weighted by molar-refractivity contribution is 0.106. The van der Waals surface area contributed by atoms with Crippen LogP contribution in [0.2, 0.25) is 0 Å². The maximum absolute atomic E-state index is 11.2. The SMILES string of the molecule is COS(=O)(=O)C(=O)c1ccccc1. The van der Waals surface area contributed by atoms with E-state index in [-0.39, 0.29) is 5.56 Å². The summed E-state index contributed by atoms with van der Waals surface area (Å²) < 4.78 is 25.9. The van der Waals surface area contributed by atoms with Crippen molar-refractivity contribution in [1.82, 2.24) is 0 Å². The lowest BCUT2D eigenvalue weighted by Gasteiger charge is -1.98. The van der Waals surface area contributed by atoms with E-state index >= 15 is 0 Å². The van der Waals surface area contributed by atoms with E-state index in [1.165, 1.54) is 12.1 Å². The first kappa shape index (κ1) is 9.88. The second-order valence-electron chi connectivity index (χ2n) is 2.27. The monoisotopic (exact) mass is 200 g/mol. The molecule has 0 N–H and O–H groups in total. The molecule has 0 aliphatic heterocycles. The Morgan fingerprint density at radius 2 is 1.77 bits per heavy atom. The van der Waals surface area contributed by atoms with Gasteiger partial charge in [-0.15, -0.1) is 0 Å². The third kappa shape index (κ3) is 2.13. The van der Waals surface area contributed by atoms with E-state index in [1.807, 2.05) is 0 Å². The summed E-state index contributed by atoms with van der Waals surface area (Å²) in [5.41, 5.74) is 0.101. The Labute approximate surface area is 76.3 Å². The van der Waals surface area contributed by atoms with Crippen LogP contribution in [0.25, 0.3) is 0 Å². The third-order valence-electron chi connectivity index (χ3n) is 1.46. The highest BCUT2D eigenvalue weighted by Gasteiger charge is 2.22. The van der Waals surface area contributed by atoms with Crippen LogP contribution in [0.5, 0.6) is 0 Å². The summed E-state index contributed by atoms with van der Waals surface area (Å²) in [6, 6.07) is 7.69. The van der Waals surface area contributed by atoms with Gasteiger partial charge in [0.15, 0.2) is 0 Å². The smallest absolute Gasteiger partial charge is 0.273 e. The quantitative estimate of drug-likeness (QED) is 0.662. The summed E-state index contributed by atoms with van der Waals surface area (Å²) in [6.45, 7) is 0. The molecule has 0 bridgehead atoms.